The van der Waals surface area contributed by atoms with Gasteiger partial charge in [0.15, 0.2) is 5.13 Å². The topological polar surface area (TPSA) is 53.5 Å². The summed E-state index contributed by atoms with van der Waals surface area (Å²) in [6.07, 6.45) is 4.81. The van der Waals surface area contributed by atoms with E-state index in [1.54, 1.807) is 4.90 Å². The maximum absolute atomic E-state index is 13.4. The van der Waals surface area contributed by atoms with Crippen molar-refractivity contribution in [2.45, 2.75) is 45.1 Å². The van der Waals surface area contributed by atoms with Crippen LogP contribution in [0.4, 0.5) is 10.8 Å². The van der Waals surface area contributed by atoms with Crippen molar-refractivity contribution in [2.24, 2.45) is 5.92 Å². The number of carbonyl (C=O) groups excluding carboxylic acids is 2. The molecule has 2 heterocycles. The van der Waals surface area contributed by atoms with Crippen molar-refractivity contribution in [3.63, 3.8) is 0 Å². The standard InChI is InChI=1S/C20H23N3O2S/c1-14-13-26-20(21-14)23(17-9-3-2-4-10-17)19(25)15-11-18(24)22(12-15)16-7-5-6-8-16/h2-4,9-10,13,15-16H,5-8,11-12H2,1H3/t15-/m0/s1. The summed E-state index contributed by atoms with van der Waals surface area (Å²) in [6, 6.07) is 9.93. The molecule has 4 rings (SSSR count). The van der Waals surface area contributed by atoms with Gasteiger partial charge in [-0.15, -0.1) is 11.3 Å². The molecule has 0 bridgehead atoms. The van der Waals surface area contributed by atoms with Crippen LogP contribution in [-0.2, 0) is 9.59 Å². The molecule has 1 aromatic carbocycles. The van der Waals surface area contributed by atoms with Gasteiger partial charge < -0.3 is 4.90 Å². The predicted octanol–water partition coefficient (Wildman–Crippen LogP) is 3.91. The summed E-state index contributed by atoms with van der Waals surface area (Å²) in [6.45, 7) is 2.46. The summed E-state index contributed by atoms with van der Waals surface area (Å²) >= 11 is 1.46. The Morgan fingerprint density at radius 1 is 1.23 bits per heavy atom. The average molecular weight is 369 g/mol. The third-order valence-corrected chi connectivity index (χ3v) is 6.25. The van der Waals surface area contributed by atoms with Gasteiger partial charge in [-0.25, -0.2) is 4.98 Å². The Labute approximate surface area is 157 Å². The maximum Gasteiger partial charge on any atom is 0.238 e. The summed E-state index contributed by atoms with van der Waals surface area (Å²) in [7, 11) is 0. The van der Waals surface area contributed by atoms with Crippen LogP contribution in [0.5, 0.6) is 0 Å². The van der Waals surface area contributed by atoms with Gasteiger partial charge in [-0.2, -0.15) is 0 Å². The number of anilines is 2. The third-order valence-electron chi connectivity index (χ3n) is 5.31. The second-order valence-corrected chi connectivity index (χ2v) is 8.00. The molecule has 0 spiro atoms. The molecule has 5 nitrogen and oxygen atoms in total. The van der Waals surface area contributed by atoms with Crippen LogP contribution in [0.25, 0.3) is 0 Å². The highest BCUT2D eigenvalue weighted by atomic mass is 32.1. The van der Waals surface area contributed by atoms with E-state index in [0.29, 0.717) is 24.1 Å². The van der Waals surface area contributed by atoms with Gasteiger partial charge in [0, 0.05) is 24.4 Å². The number of benzene rings is 1. The van der Waals surface area contributed by atoms with Crippen LogP contribution in [0.1, 0.15) is 37.8 Å². The zero-order chi connectivity index (χ0) is 18.1. The first-order chi connectivity index (χ1) is 12.6. The van der Waals surface area contributed by atoms with Gasteiger partial charge in [-0.1, -0.05) is 31.0 Å². The van der Waals surface area contributed by atoms with Gasteiger partial charge in [0.25, 0.3) is 0 Å². The molecular formula is C20H23N3O2S. The number of hydrogen-bond acceptors (Lipinski definition) is 4. The molecule has 1 aliphatic heterocycles. The van der Waals surface area contributed by atoms with E-state index < -0.39 is 0 Å². The Balaban J connectivity index is 1.60. The van der Waals surface area contributed by atoms with Crippen molar-refractivity contribution >= 4 is 34.0 Å². The number of nitrogens with zero attached hydrogens (tertiary/aromatic N) is 3. The Morgan fingerprint density at radius 3 is 2.62 bits per heavy atom. The lowest BCUT2D eigenvalue weighted by Crippen LogP contribution is -2.37. The van der Waals surface area contributed by atoms with Crippen molar-refractivity contribution in [1.29, 1.82) is 0 Å². The highest BCUT2D eigenvalue weighted by Gasteiger charge is 2.41. The van der Waals surface area contributed by atoms with Crippen LogP contribution in [0.3, 0.4) is 0 Å². The number of carbonyl (C=O) groups is 2. The first kappa shape index (κ1) is 17.2. The molecule has 1 aliphatic carbocycles. The van der Waals surface area contributed by atoms with Crippen molar-refractivity contribution in [2.75, 3.05) is 11.4 Å². The molecular weight excluding hydrogens is 346 g/mol. The van der Waals surface area contributed by atoms with Gasteiger partial charge in [0.1, 0.15) is 0 Å². The molecule has 0 unspecified atom stereocenters. The van der Waals surface area contributed by atoms with E-state index in [1.807, 2.05) is 47.5 Å². The smallest absolute Gasteiger partial charge is 0.238 e. The van der Waals surface area contributed by atoms with Crippen LogP contribution in [-0.4, -0.2) is 34.3 Å². The van der Waals surface area contributed by atoms with Crippen molar-refractivity contribution in [3.8, 4) is 0 Å². The van der Waals surface area contributed by atoms with E-state index in [0.717, 1.165) is 24.2 Å². The number of aromatic nitrogens is 1. The summed E-state index contributed by atoms with van der Waals surface area (Å²) in [5, 5.41) is 2.62. The van der Waals surface area contributed by atoms with Gasteiger partial charge in [-0.05, 0) is 31.9 Å². The number of rotatable bonds is 4. The van der Waals surface area contributed by atoms with E-state index in [1.165, 1.54) is 24.2 Å². The van der Waals surface area contributed by atoms with Crippen LogP contribution in [0.15, 0.2) is 35.7 Å². The van der Waals surface area contributed by atoms with E-state index in [-0.39, 0.29) is 17.7 Å². The minimum Gasteiger partial charge on any atom is -0.339 e. The Morgan fingerprint density at radius 2 is 1.96 bits per heavy atom. The molecule has 2 fully saturated rings. The average Bonchev–Trinajstić information content (AvgIpc) is 3.37. The molecule has 2 amide bonds. The molecule has 1 atom stereocenters. The normalized spacial score (nSPS) is 20.7. The second-order valence-electron chi connectivity index (χ2n) is 7.17. The Hall–Kier alpha value is -2.21. The van der Waals surface area contributed by atoms with Gasteiger partial charge in [0.2, 0.25) is 11.8 Å². The van der Waals surface area contributed by atoms with Crippen LogP contribution >= 0.6 is 11.3 Å². The summed E-state index contributed by atoms with van der Waals surface area (Å²) < 4.78 is 0. The Kier molecular flexibility index (Phi) is 4.76. The number of para-hydroxylation sites is 1. The summed E-state index contributed by atoms with van der Waals surface area (Å²) in [5.41, 5.74) is 1.70. The van der Waals surface area contributed by atoms with Crippen molar-refractivity contribution in [3.05, 3.63) is 41.4 Å². The molecule has 1 saturated heterocycles. The van der Waals surface area contributed by atoms with E-state index in [4.69, 9.17) is 0 Å². The maximum atomic E-state index is 13.4. The second kappa shape index (κ2) is 7.19. The fourth-order valence-corrected chi connectivity index (χ4v) is 4.83. The predicted molar refractivity (Wildman–Crippen MR) is 103 cm³/mol. The number of amides is 2. The fraction of sp³-hybridized carbons (Fsp3) is 0.450. The number of thiazole rings is 1. The summed E-state index contributed by atoms with van der Waals surface area (Å²) in [5.74, 6) is -0.203. The number of likely N-dealkylation sites (tertiary alicyclic amines) is 1. The molecule has 26 heavy (non-hydrogen) atoms. The molecule has 1 aromatic heterocycles. The lowest BCUT2D eigenvalue weighted by molar-refractivity contribution is -0.130. The highest BCUT2D eigenvalue weighted by Crippen LogP contribution is 2.34. The molecule has 2 aromatic rings. The lowest BCUT2D eigenvalue weighted by atomic mass is 10.1. The molecule has 1 saturated carbocycles. The Bertz CT molecular complexity index is 798. The van der Waals surface area contributed by atoms with E-state index in [2.05, 4.69) is 4.98 Å². The summed E-state index contributed by atoms with van der Waals surface area (Å²) in [4.78, 5) is 34.1. The van der Waals surface area contributed by atoms with Gasteiger partial charge >= 0.3 is 0 Å². The van der Waals surface area contributed by atoms with Gasteiger partial charge in [0.05, 0.1) is 17.3 Å². The number of aryl methyl sites for hydroxylation is 1. The SMILES string of the molecule is Cc1csc(N(C(=O)[C@H]2CC(=O)N(C3CCCC3)C2)c2ccccc2)n1. The largest absolute Gasteiger partial charge is 0.339 e. The van der Waals surface area contributed by atoms with Crippen LogP contribution in [0.2, 0.25) is 0 Å². The highest BCUT2D eigenvalue weighted by molar-refractivity contribution is 7.14. The fourth-order valence-electron chi connectivity index (χ4n) is 4.00. The first-order valence-electron chi connectivity index (χ1n) is 9.24. The molecule has 6 heteroatoms. The van der Waals surface area contributed by atoms with Crippen molar-refractivity contribution < 1.29 is 9.59 Å². The molecule has 2 aliphatic rings. The van der Waals surface area contributed by atoms with Crippen LogP contribution < -0.4 is 4.90 Å². The monoisotopic (exact) mass is 369 g/mol. The van der Waals surface area contributed by atoms with Gasteiger partial charge in [-0.3, -0.25) is 14.5 Å². The molecule has 0 N–H and O–H groups in total. The first-order valence-corrected chi connectivity index (χ1v) is 10.1. The zero-order valence-corrected chi connectivity index (χ0v) is 15.7. The van der Waals surface area contributed by atoms with Crippen LogP contribution in [0, 0.1) is 12.8 Å². The van der Waals surface area contributed by atoms with Crippen molar-refractivity contribution in [1.82, 2.24) is 9.88 Å². The third kappa shape index (κ3) is 3.26. The molecule has 0 radical (unpaired) electrons. The van der Waals surface area contributed by atoms with E-state index in [9.17, 15) is 9.59 Å². The van der Waals surface area contributed by atoms with E-state index >= 15 is 0 Å². The minimum absolute atomic E-state index is 0.0283. The minimum atomic E-state index is -0.299. The number of hydrogen-bond donors (Lipinski definition) is 0. The quantitative estimate of drug-likeness (QED) is 0.821. The molecule has 136 valence electrons. The lowest BCUT2D eigenvalue weighted by Gasteiger charge is -2.26. The zero-order valence-electron chi connectivity index (χ0n) is 14.9.